The fraction of sp³-hybridized carbons (Fsp3) is 0.238. The van der Waals surface area contributed by atoms with Gasteiger partial charge in [0.2, 0.25) is 5.91 Å². The molecule has 0 bridgehead atoms. The first-order valence-corrected chi connectivity index (χ1v) is 9.42. The molecule has 0 unspecified atom stereocenters. The van der Waals surface area contributed by atoms with Crippen LogP contribution in [0.2, 0.25) is 0 Å². The van der Waals surface area contributed by atoms with Crippen LogP contribution in [0.25, 0.3) is 5.69 Å². The number of carbonyl (C=O) groups is 2. The molecule has 0 saturated heterocycles. The molecule has 1 N–H and O–H groups in total. The number of nitrogens with zero attached hydrogens (tertiary/aromatic N) is 4. The molecule has 0 aliphatic carbocycles. The van der Waals surface area contributed by atoms with Crippen LogP contribution in [0.4, 0.5) is 10.1 Å². The van der Waals surface area contributed by atoms with Crippen LogP contribution in [0, 0.1) is 5.82 Å². The summed E-state index contributed by atoms with van der Waals surface area (Å²) in [6.07, 6.45) is 5.14. The van der Waals surface area contributed by atoms with Crippen molar-refractivity contribution in [3.05, 3.63) is 75.7 Å². The summed E-state index contributed by atoms with van der Waals surface area (Å²) in [5.41, 5.74) is 1.74. The molecular weight excluding hydrogens is 389 g/mol. The number of hydrogen-bond acceptors (Lipinski definition) is 4. The van der Waals surface area contributed by atoms with Crippen LogP contribution in [0.3, 0.4) is 0 Å². The minimum atomic E-state index is -0.544. The third kappa shape index (κ3) is 3.61. The minimum Gasteiger partial charge on any atom is -0.338 e. The number of pyridine rings is 1. The van der Waals surface area contributed by atoms with Crippen molar-refractivity contribution in [2.45, 2.75) is 19.9 Å². The number of fused-ring (bicyclic) bond motifs is 1. The summed E-state index contributed by atoms with van der Waals surface area (Å²) < 4.78 is 16.2. The second kappa shape index (κ2) is 7.58. The lowest BCUT2D eigenvalue weighted by Crippen LogP contribution is -2.39. The number of aryl methyl sites for hydroxylation is 1. The Morgan fingerprint density at radius 2 is 1.90 bits per heavy atom. The number of amides is 2. The van der Waals surface area contributed by atoms with Crippen LogP contribution in [0.1, 0.15) is 28.4 Å². The van der Waals surface area contributed by atoms with Crippen LogP contribution in [0.15, 0.2) is 47.7 Å². The Bertz CT molecular complexity index is 1200. The second-order valence-corrected chi connectivity index (χ2v) is 7.21. The Hall–Kier alpha value is -3.75. The molecule has 1 aliphatic rings. The van der Waals surface area contributed by atoms with E-state index in [9.17, 15) is 18.8 Å². The van der Waals surface area contributed by atoms with Crippen LogP contribution >= 0.6 is 0 Å². The summed E-state index contributed by atoms with van der Waals surface area (Å²) in [5, 5.41) is 6.73. The predicted molar refractivity (Wildman–Crippen MR) is 108 cm³/mol. The number of halogens is 1. The maximum absolute atomic E-state index is 13.4. The van der Waals surface area contributed by atoms with Gasteiger partial charge in [0.15, 0.2) is 0 Å². The van der Waals surface area contributed by atoms with Crippen molar-refractivity contribution in [1.29, 1.82) is 0 Å². The summed E-state index contributed by atoms with van der Waals surface area (Å²) in [4.78, 5) is 39.9. The Labute approximate surface area is 171 Å². The highest BCUT2D eigenvalue weighted by molar-refractivity contribution is 6.05. The monoisotopic (exact) mass is 409 g/mol. The molecule has 4 rings (SSSR count). The van der Waals surface area contributed by atoms with Gasteiger partial charge in [-0.15, -0.1) is 0 Å². The average Bonchev–Trinajstić information content (AvgIpc) is 3.12. The van der Waals surface area contributed by atoms with Gasteiger partial charge in [-0.05, 0) is 41.8 Å². The van der Waals surface area contributed by atoms with E-state index in [2.05, 4.69) is 10.4 Å². The largest absolute Gasteiger partial charge is 0.338 e. The van der Waals surface area contributed by atoms with E-state index in [0.717, 1.165) is 0 Å². The highest BCUT2D eigenvalue weighted by atomic mass is 19.1. The smallest absolute Gasteiger partial charge is 0.268 e. The van der Waals surface area contributed by atoms with Crippen molar-refractivity contribution in [2.75, 3.05) is 11.9 Å². The molecule has 3 aromatic rings. The van der Waals surface area contributed by atoms with Gasteiger partial charge in [0.25, 0.3) is 11.5 Å². The van der Waals surface area contributed by atoms with Crippen molar-refractivity contribution >= 4 is 17.5 Å². The third-order valence-electron chi connectivity index (χ3n) is 5.14. The van der Waals surface area contributed by atoms with Gasteiger partial charge in [-0.1, -0.05) is 0 Å². The Morgan fingerprint density at radius 1 is 1.17 bits per heavy atom. The molecule has 0 saturated carbocycles. The molecule has 1 aromatic carbocycles. The SMILES string of the molecule is CC(=O)N1CCc2c(cn(-c3ccc(F)cc3)c(=O)c2C(=O)Nc2cnn(C)c2)C1. The highest BCUT2D eigenvalue weighted by Crippen LogP contribution is 2.23. The molecule has 0 fully saturated rings. The van der Waals surface area contributed by atoms with Crippen molar-refractivity contribution in [1.82, 2.24) is 19.2 Å². The topological polar surface area (TPSA) is 89.2 Å². The molecule has 0 spiro atoms. The first-order valence-electron chi connectivity index (χ1n) is 9.42. The number of nitrogens with one attached hydrogen (secondary N) is 1. The third-order valence-corrected chi connectivity index (χ3v) is 5.14. The lowest BCUT2D eigenvalue weighted by Gasteiger charge is -2.29. The van der Waals surface area contributed by atoms with E-state index in [-0.39, 0.29) is 11.5 Å². The molecule has 2 amide bonds. The molecule has 8 nitrogen and oxygen atoms in total. The van der Waals surface area contributed by atoms with Crippen LogP contribution in [0.5, 0.6) is 0 Å². The van der Waals surface area contributed by atoms with E-state index >= 15 is 0 Å². The van der Waals surface area contributed by atoms with Gasteiger partial charge in [0, 0.05) is 45.1 Å². The standard InChI is InChI=1S/C21H20FN5O3/c1-13(28)26-8-7-18-14(10-26)11-27(17-5-3-15(22)4-6-17)21(30)19(18)20(29)24-16-9-23-25(2)12-16/h3-6,9,11-12H,7-8,10H2,1-2H3,(H,24,29). The molecule has 30 heavy (non-hydrogen) atoms. The van der Waals surface area contributed by atoms with E-state index in [1.165, 1.54) is 46.6 Å². The van der Waals surface area contributed by atoms with Crippen LogP contribution < -0.4 is 10.9 Å². The molecule has 2 aromatic heterocycles. The van der Waals surface area contributed by atoms with Gasteiger partial charge in [-0.3, -0.25) is 23.6 Å². The average molecular weight is 409 g/mol. The van der Waals surface area contributed by atoms with Crippen molar-refractivity contribution in [3.8, 4) is 5.69 Å². The number of rotatable bonds is 3. The van der Waals surface area contributed by atoms with Gasteiger partial charge in [-0.25, -0.2) is 4.39 Å². The van der Waals surface area contributed by atoms with E-state index in [1.807, 2.05) is 0 Å². The minimum absolute atomic E-state index is 0.0175. The quantitative estimate of drug-likeness (QED) is 0.715. The summed E-state index contributed by atoms with van der Waals surface area (Å²) in [6, 6.07) is 5.44. The number of carbonyl (C=O) groups excluding carboxylic acids is 2. The molecule has 9 heteroatoms. The number of aromatic nitrogens is 3. The molecule has 0 radical (unpaired) electrons. The fourth-order valence-corrected chi connectivity index (χ4v) is 3.63. The van der Waals surface area contributed by atoms with Crippen molar-refractivity contribution in [2.24, 2.45) is 7.05 Å². The summed E-state index contributed by atoms with van der Waals surface area (Å²) in [6.45, 7) is 2.20. The zero-order valence-electron chi connectivity index (χ0n) is 16.6. The summed E-state index contributed by atoms with van der Waals surface area (Å²) in [7, 11) is 1.72. The maximum Gasteiger partial charge on any atom is 0.268 e. The second-order valence-electron chi connectivity index (χ2n) is 7.21. The Balaban J connectivity index is 1.84. The highest BCUT2D eigenvalue weighted by Gasteiger charge is 2.27. The van der Waals surface area contributed by atoms with Gasteiger partial charge in [-0.2, -0.15) is 5.10 Å². The molecule has 0 atom stereocenters. The van der Waals surface area contributed by atoms with Gasteiger partial charge < -0.3 is 10.2 Å². The van der Waals surface area contributed by atoms with Gasteiger partial charge >= 0.3 is 0 Å². The van der Waals surface area contributed by atoms with Crippen molar-refractivity contribution in [3.63, 3.8) is 0 Å². The lowest BCUT2D eigenvalue weighted by molar-refractivity contribution is -0.129. The lowest BCUT2D eigenvalue weighted by atomic mass is 9.95. The summed E-state index contributed by atoms with van der Waals surface area (Å²) in [5.74, 6) is -1.06. The Morgan fingerprint density at radius 3 is 2.53 bits per heavy atom. The normalized spacial score (nSPS) is 13.1. The number of benzene rings is 1. The molecule has 154 valence electrons. The van der Waals surface area contributed by atoms with E-state index in [4.69, 9.17) is 0 Å². The van der Waals surface area contributed by atoms with Crippen LogP contribution in [-0.4, -0.2) is 37.6 Å². The molecule has 1 aliphatic heterocycles. The van der Waals surface area contributed by atoms with Crippen LogP contribution in [-0.2, 0) is 24.8 Å². The van der Waals surface area contributed by atoms with E-state index < -0.39 is 17.3 Å². The predicted octanol–water partition coefficient (Wildman–Crippen LogP) is 1.87. The zero-order chi connectivity index (χ0) is 21.4. The van der Waals surface area contributed by atoms with Gasteiger partial charge in [0.1, 0.15) is 11.4 Å². The molecular formula is C21H20FN5O3. The number of hydrogen-bond donors (Lipinski definition) is 1. The van der Waals surface area contributed by atoms with E-state index in [0.29, 0.717) is 42.0 Å². The first kappa shape index (κ1) is 19.6. The Kier molecular flexibility index (Phi) is 4.94. The summed E-state index contributed by atoms with van der Waals surface area (Å²) >= 11 is 0. The maximum atomic E-state index is 13.4. The van der Waals surface area contributed by atoms with Crippen molar-refractivity contribution < 1.29 is 14.0 Å². The van der Waals surface area contributed by atoms with Gasteiger partial charge in [0.05, 0.1) is 11.9 Å². The fourth-order valence-electron chi connectivity index (χ4n) is 3.63. The number of anilines is 1. The first-order chi connectivity index (χ1) is 14.3. The van der Waals surface area contributed by atoms with E-state index in [1.54, 1.807) is 24.3 Å². The zero-order valence-corrected chi connectivity index (χ0v) is 16.6. The molecule has 3 heterocycles.